The van der Waals surface area contributed by atoms with Crippen LogP contribution in [-0.4, -0.2) is 41.6 Å². The van der Waals surface area contributed by atoms with Crippen LogP contribution in [0.5, 0.6) is 5.88 Å². The minimum Gasteiger partial charge on any atom is -0.471 e. The quantitative estimate of drug-likeness (QED) is 0.576. The molecule has 1 aliphatic rings. The Hall–Kier alpha value is -2.58. The summed E-state index contributed by atoms with van der Waals surface area (Å²) in [6.45, 7) is 0. The fourth-order valence-electron chi connectivity index (χ4n) is 2.93. The molecule has 1 heterocycles. The van der Waals surface area contributed by atoms with Crippen molar-refractivity contribution in [1.82, 2.24) is 9.97 Å². The van der Waals surface area contributed by atoms with E-state index in [1.165, 1.54) is 12.1 Å². The van der Waals surface area contributed by atoms with E-state index in [-0.39, 0.29) is 23.0 Å². The normalized spacial score (nSPS) is 21.5. The van der Waals surface area contributed by atoms with E-state index >= 15 is 0 Å². The predicted octanol–water partition coefficient (Wildman–Crippen LogP) is 2.81. The highest BCUT2D eigenvalue weighted by molar-refractivity contribution is 7.89. The van der Waals surface area contributed by atoms with Crippen molar-refractivity contribution in [3.63, 3.8) is 0 Å². The molecule has 14 heteroatoms. The number of benzene rings is 1. The molecule has 1 aliphatic carbocycles. The van der Waals surface area contributed by atoms with Crippen molar-refractivity contribution in [2.45, 2.75) is 48.5 Å². The van der Waals surface area contributed by atoms with Crippen LogP contribution in [0.25, 0.3) is 0 Å². The van der Waals surface area contributed by atoms with Gasteiger partial charge in [0.15, 0.2) is 0 Å². The van der Waals surface area contributed by atoms with Crippen LogP contribution < -0.4 is 15.2 Å². The molecule has 0 amide bonds. The second kappa shape index (κ2) is 8.16. The molecule has 0 spiro atoms. The molecule has 1 saturated carbocycles. The number of aliphatic hydroxyl groups excluding tert-OH is 1. The molecule has 1 aromatic carbocycles. The SMILES string of the molecule is NS(=O)(=O)c1ccc(Nc2ncc(C(F)(F)F)c(O[C@H]3CCC(F)(F)C[C@H]3O)n2)cc1. The van der Waals surface area contributed by atoms with Crippen LogP contribution >= 0.6 is 0 Å². The van der Waals surface area contributed by atoms with Crippen molar-refractivity contribution >= 4 is 21.7 Å². The summed E-state index contributed by atoms with van der Waals surface area (Å²) in [5.41, 5.74) is -1.11. The molecule has 0 aliphatic heterocycles. The molecule has 0 unspecified atom stereocenters. The number of nitrogens with two attached hydrogens (primary N) is 1. The fraction of sp³-hybridized carbons (Fsp3) is 0.412. The van der Waals surface area contributed by atoms with Crippen LogP contribution in [0.15, 0.2) is 35.4 Å². The highest BCUT2D eigenvalue weighted by Gasteiger charge is 2.43. The van der Waals surface area contributed by atoms with Gasteiger partial charge in [-0.05, 0) is 30.7 Å². The van der Waals surface area contributed by atoms with Crippen molar-refractivity contribution in [1.29, 1.82) is 0 Å². The Kier molecular flexibility index (Phi) is 6.08. The zero-order valence-corrected chi connectivity index (χ0v) is 16.4. The number of hydrogen-bond acceptors (Lipinski definition) is 7. The van der Waals surface area contributed by atoms with Crippen molar-refractivity contribution in [2.24, 2.45) is 5.14 Å². The molecular weight excluding hydrogens is 451 g/mol. The van der Waals surface area contributed by atoms with E-state index in [0.29, 0.717) is 6.20 Å². The first kappa shape index (κ1) is 23.1. The number of alkyl halides is 5. The summed E-state index contributed by atoms with van der Waals surface area (Å²) in [7, 11) is -3.93. The number of anilines is 2. The second-order valence-electron chi connectivity index (χ2n) is 6.93. The Morgan fingerprint density at radius 2 is 1.87 bits per heavy atom. The molecule has 0 radical (unpaired) electrons. The second-order valence-corrected chi connectivity index (χ2v) is 8.49. The van der Waals surface area contributed by atoms with Gasteiger partial charge in [-0.15, -0.1) is 0 Å². The van der Waals surface area contributed by atoms with Gasteiger partial charge < -0.3 is 15.2 Å². The first-order chi connectivity index (χ1) is 14.2. The van der Waals surface area contributed by atoms with Crippen LogP contribution in [0.3, 0.4) is 0 Å². The highest BCUT2D eigenvalue weighted by atomic mass is 32.2. The summed E-state index contributed by atoms with van der Waals surface area (Å²) < 4.78 is 94.4. The third-order valence-electron chi connectivity index (χ3n) is 4.49. The lowest BCUT2D eigenvalue weighted by atomic mass is 9.91. The standard InChI is InChI=1S/C17H17F5N4O4S/c18-16(19)6-5-13(12(27)7-16)30-14-11(17(20,21)22)8-24-15(26-14)25-9-1-3-10(4-2-9)31(23,28)29/h1-4,8,12-13,27H,5-7H2,(H2,23,28,29)(H,24,25,26)/t12-,13+/m1/s1. The lowest BCUT2D eigenvalue weighted by molar-refractivity contribution is -0.143. The number of hydrogen-bond donors (Lipinski definition) is 3. The maximum atomic E-state index is 13.4. The molecule has 4 N–H and O–H groups in total. The summed E-state index contributed by atoms with van der Waals surface area (Å²) in [4.78, 5) is 7.04. The van der Waals surface area contributed by atoms with Crippen LogP contribution in [0.2, 0.25) is 0 Å². The van der Waals surface area contributed by atoms with Crippen LogP contribution in [0.4, 0.5) is 33.6 Å². The monoisotopic (exact) mass is 468 g/mol. The Bertz CT molecular complexity index is 1050. The number of halogens is 5. The number of rotatable bonds is 5. The third kappa shape index (κ3) is 5.77. The molecular formula is C17H17F5N4O4S. The molecule has 1 aromatic heterocycles. The molecule has 1 fully saturated rings. The number of ether oxygens (including phenoxy) is 1. The lowest BCUT2D eigenvalue weighted by Crippen LogP contribution is -2.43. The van der Waals surface area contributed by atoms with Crippen molar-refractivity contribution < 1.29 is 40.2 Å². The summed E-state index contributed by atoms with van der Waals surface area (Å²) >= 11 is 0. The Morgan fingerprint density at radius 1 is 1.23 bits per heavy atom. The van der Waals surface area contributed by atoms with Gasteiger partial charge in [0.25, 0.3) is 5.92 Å². The number of sulfonamides is 1. The minimum absolute atomic E-state index is 0.182. The average molecular weight is 468 g/mol. The molecule has 170 valence electrons. The summed E-state index contributed by atoms with van der Waals surface area (Å²) in [5.74, 6) is -4.39. The zero-order valence-electron chi connectivity index (χ0n) is 15.6. The van der Waals surface area contributed by atoms with E-state index in [2.05, 4.69) is 15.3 Å². The van der Waals surface area contributed by atoms with Gasteiger partial charge in [-0.25, -0.2) is 27.3 Å². The Labute approximate surface area is 173 Å². The first-order valence-electron chi connectivity index (χ1n) is 8.81. The molecule has 0 bridgehead atoms. The van der Waals surface area contributed by atoms with E-state index in [1.807, 2.05) is 0 Å². The number of aliphatic hydroxyl groups is 1. The Morgan fingerprint density at radius 3 is 2.42 bits per heavy atom. The van der Waals surface area contributed by atoms with E-state index in [1.54, 1.807) is 0 Å². The maximum absolute atomic E-state index is 13.4. The van der Waals surface area contributed by atoms with Gasteiger partial charge in [0.05, 0.1) is 11.0 Å². The van der Waals surface area contributed by atoms with E-state index in [9.17, 15) is 35.5 Å². The number of primary sulfonamides is 1. The van der Waals surface area contributed by atoms with Gasteiger partial charge in [0.1, 0.15) is 11.7 Å². The molecule has 2 aromatic rings. The van der Waals surface area contributed by atoms with Crippen LogP contribution in [-0.2, 0) is 16.2 Å². The molecule has 31 heavy (non-hydrogen) atoms. The van der Waals surface area contributed by atoms with Gasteiger partial charge in [-0.3, -0.25) is 0 Å². The van der Waals surface area contributed by atoms with E-state index in [0.717, 1.165) is 12.1 Å². The summed E-state index contributed by atoms with van der Waals surface area (Å²) in [5, 5.41) is 17.4. The summed E-state index contributed by atoms with van der Waals surface area (Å²) in [6, 6.07) is 4.90. The van der Waals surface area contributed by atoms with Crippen molar-refractivity contribution in [3.8, 4) is 5.88 Å². The van der Waals surface area contributed by atoms with Gasteiger partial charge in [-0.2, -0.15) is 18.2 Å². The molecule has 2 atom stereocenters. The van der Waals surface area contributed by atoms with Gasteiger partial charge in [-0.1, -0.05) is 0 Å². The Balaban J connectivity index is 1.85. The topological polar surface area (TPSA) is 127 Å². The van der Waals surface area contributed by atoms with Crippen LogP contribution in [0, 0.1) is 0 Å². The van der Waals surface area contributed by atoms with Crippen molar-refractivity contribution in [2.75, 3.05) is 5.32 Å². The fourth-order valence-corrected chi connectivity index (χ4v) is 3.45. The molecule has 3 rings (SSSR count). The van der Waals surface area contributed by atoms with Crippen molar-refractivity contribution in [3.05, 3.63) is 36.0 Å². The zero-order chi connectivity index (χ0) is 23.0. The third-order valence-corrected chi connectivity index (χ3v) is 5.42. The molecule has 8 nitrogen and oxygen atoms in total. The maximum Gasteiger partial charge on any atom is 0.423 e. The number of nitrogens with zero attached hydrogens (tertiary/aromatic N) is 2. The van der Waals surface area contributed by atoms with E-state index < -0.39 is 58.6 Å². The largest absolute Gasteiger partial charge is 0.471 e. The lowest BCUT2D eigenvalue weighted by Gasteiger charge is -2.33. The summed E-state index contributed by atoms with van der Waals surface area (Å²) in [6.07, 6.45) is -9.39. The van der Waals surface area contributed by atoms with Gasteiger partial charge in [0.2, 0.25) is 21.9 Å². The minimum atomic E-state index is -4.89. The first-order valence-corrected chi connectivity index (χ1v) is 10.4. The predicted molar refractivity (Wildman–Crippen MR) is 97.4 cm³/mol. The number of aromatic nitrogens is 2. The molecule has 0 saturated heterocycles. The average Bonchev–Trinajstić information content (AvgIpc) is 2.62. The van der Waals surface area contributed by atoms with Crippen LogP contribution in [0.1, 0.15) is 24.8 Å². The highest BCUT2D eigenvalue weighted by Crippen LogP contribution is 2.39. The van der Waals surface area contributed by atoms with Gasteiger partial charge >= 0.3 is 6.18 Å². The van der Waals surface area contributed by atoms with Gasteiger partial charge in [0, 0.05) is 24.7 Å². The van der Waals surface area contributed by atoms with E-state index in [4.69, 9.17) is 9.88 Å². The smallest absolute Gasteiger partial charge is 0.423 e. The number of nitrogens with one attached hydrogen (secondary N) is 1.